The Hall–Kier alpha value is -3.15. The van der Waals surface area contributed by atoms with E-state index in [4.69, 9.17) is 4.74 Å². The summed E-state index contributed by atoms with van der Waals surface area (Å²) in [6.45, 7) is 0.431. The number of methoxy groups -OCH3 is 1. The first-order valence-corrected chi connectivity index (χ1v) is 8.19. The van der Waals surface area contributed by atoms with Gasteiger partial charge in [0, 0.05) is 13.6 Å². The average Bonchev–Trinajstić information content (AvgIpc) is 2.65. The van der Waals surface area contributed by atoms with E-state index < -0.39 is 11.4 Å². The molecular weight excluding hydrogens is 335 g/mol. The summed E-state index contributed by atoms with van der Waals surface area (Å²) >= 11 is 0. The number of aromatic amines is 1. The topological polar surface area (TPSA) is 62.4 Å². The van der Waals surface area contributed by atoms with Crippen LogP contribution in [0.15, 0.2) is 53.3 Å². The third-order valence-corrected chi connectivity index (χ3v) is 4.29. The van der Waals surface area contributed by atoms with Gasteiger partial charge in [-0.3, -0.25) is 9.59 Å². The molecule has 1 heterocycles. The zero-order valence-electron chi connectivity index (χ0n) is 14.6. The molecule has 1 aromatic heterocycles. The number of H-pyrrole nitrogens is 1. The molecule has 0 aliphatic carbocycles. The number of benzene rings is 2. The second kappa shape index (κ2) is 7.39. The van der Waals surface area contributed by atoms with E-state index in [0.717, 1.165) is 11.3 Å². The van der Waals surface area contributed by atoms with Gasteiger partial charge in [0.1, 0.15) is 17.1 Å². The number of nitrogens with zero attached hydrogens (tertiary/aromatic N) is 1. The van der Waals surface area contributed by atoms with Gasteiger partial charge in [-0.25, -0.2) is 4.39 Å². The number of rotatable bonds is 5. The predicted octanol–water partition coefficient (Wildman–Crippen LogP) is 2.99. The van der Waals surface area contributed by atoms with Crippen molar-refractivity contribution in [1.29, 1.82) is 0 Å². The highest BCUT2D eigenvalue weighted by Gasteiger charge is 2.17. The van der Waals surface area contributed by atoms with Crippen LogP contribution >= 0.6 is 0 Å². The van der Waals surface area contributed by atoms with Crippen LogP contribution in [0.3, 0.4) is 0 Å². The van der Waals surface area contributed by atoms with Crippen LogP contribution in [0.4, 0.5) is 4.39 Å². The van der Waals surface area contributed by atoms with Crippen molar-refractivity contribution in [3.05, 3.63) is 75.8 Å². The Labute approximate surface area is 150 Å². The van der Waals surface area contributed by atoms with Crippen molar-refractivity contribution in [3.63, 3.8) is 0 Å². The van der Waals surface area contributed by atoms with Crippen molar-refractivity contribution < 1.29 is 13.9 Å². The van der Waals surface area contributed by atoms with Gasteiger partial charge in [0.15, 0.2) is 0 Å². The Balaban J connectivity index is 1.80. The number of amides is 1. The zero-order chi connectivity index (χ0) is 18.7. The maximum Gasteiger partial charge on any atom is 0.261 e. The Kier molecular flexibility index (Phi) is 5.02. The maximum atomic E-state index is 13.3. The van der Waals surface area contributed by atoms with E-state index in [1.165, 1.54) is 29.2 Å². The molecule has 0 bridgehead atoms. The molecule has 26 heavy (non-hydrogen) atoms. The molecule has 0 saturated heterocycles. The van der Waals surface area contributed by atoms with Gasteiger partial charge in [0.25, 0.3) is 11.5 Å². The van der Waals surface area contributed by atoms with Crippen LogP contribution in [0.2, 0.25) is 0 Å². The fourth-order valence-corrected chi connectivity index (χ4v) is 2.84. The van der Waals surface area contributed by atoms with E-state index in [-0.39, 0.29) is 11.5 Å². The average molecular weight is 354 g/mol. The molecule has 0 spiro atoms. The molecule has 0 radical (unpaired) electrons. The van der Waals surface area contributed by atoms with Crippen molar-refractivity contribution in [3.8, 4) is 5.75 Å². The molecule has 2 aromatic carbocycles. The van der Waals surface area contributed by atoms with E-state index >= 15 is 0 Å². The second-order valence-electron chi connectivity index (χ2n) is 6.03. The lowest BCUT2D eigenvalue weighted by molar-refractivity contribution is 0.0795. The van der Waals surface area contributed by atoms with Crippen LogP contribution in [0.1, 0.15) is 15.9 Å². The molecular formula is C20H19FN2O3. The Bertz CT molecular complexity index is 1010. The number of para-hydroxylation sites is 1. The Morgan fingerprint density at radius 3 is 2.73 bits per heavy atom. The summed E-state index contributed by atoms with van der Waals surface area (Å²) in [4.78, 5) is 28.9. The lowest BCUT2D eigenvalue weighted by atomic mass is 10.1. The molecule has 1 amide bonds. The Morgan fingerprint density at radius 2 is 1.96 bits per heavy atom. The summed E-state index contributed by atoms with van der Waals surface area (Å²) in [5.74, 6) is -0.0625. The number of fused-ring (bicyclic) bond motifs is 1. The van der Waals surface area contributed by atoms with Crippen molar-refractivity contribution in [2.45, 2.75) is 6.42 Å². The van der Waals surface area contributed by atoms with Crippen molar-refractivity contribution in [2.24, 2.45) is 0 Å². The van der Waals surface area contributed by atoms with Crippen LogP contribution < -0.4 is 10.3 Å². The minimum absolute atomic E-state index is 0.0339. The molecule has 1 N–H and O–H groups in total. The predicted molar refractivity (Wildman–Crippen MR) is 98.2 cm³/mol. The van der Waals surface area contributed by atoms with Crippen molar-refractivity contribution in [1.82, 2.24) is 9.88 Å². The smallest absolute Gasteiger partial charge is 0.261 e. The van der Waals surface area contributed by atoms with Crippen LogP contribution in [0.25, 0.3) is 10.9 Å². The van der Waals surface area contributed by atoms with Gasteiger partial charge in [-0.05, 0) is 47.7 Å². The van der Waals surface area contributed by atoms with Gasteiger partial charge in [-0.15, -0.1) is 0 Å². The zero-order valence-corrected chi connectivity index (χ0v) is 14.6. The molecule has 0 aliphatic rings. The number of nitrogens with one attached hydrogen (secondary N) is 1. The molecule has 0 fully saturated rings. The number of carbonyl (C=O) groups excluding carboxylic acids is 1. The number of hydrogen-bond acceptors (Lipinski definition) is 3. The largest absolute Gasteiger partial charge is 0.496 e. The van der Waals surface area contributed by atoms with Crippen LogP contribution in [-0.4, -0.2) is 36.5 Å². The van der Waals surface area contributed by atoms with Crippen LogP contribution in [-0.2, 0) is 6.42 Å². The first kappa shape index (κ1) is 17.7. The van der Waals surface area contributed by atoms with Gasteiger partial charge in [0.2, 0.25) is 0 Å². The monoisotopic (exact) mass is 354 g/mol. The van der Waals surface area contributed by atoms with Gasteiger partial charge < -0.3 is 14.6 Å². The number of carbonyl (C=O) groups is 1. The molecule has 3 rings (SSSR count). The van der Waals surface area contributed by atoms with E-state index in [1.807, 2.05) is 24.3 Å². The molecule has 0 saturated carbocycles. The van der Waals surface area contributed by atoms with E-state index in [9.17, 15) is 14.0 Å². The number of aromatic nitrogens is 1. The maximum absolute atomic E-state index is 13.3. The number of hydrogen-bond donors (Lipinski definition) is 1. The minimum atomic E-state index is -0.530. The van der Waals surface area contributed by atoms with Gasteiger partial charge in [-0.2, -0.15) is 0 Å². The van der Waals surface area contributed by atoms with Gasteiger partial charge in [-0.1, -0.05) is 18.2 Å². The van der Waals surface area contributed by atoms with E-state index in [1.54, 1.807) is 14.2 Å². The minimum Gasteiger partial charge on any atom is -0.496 e. The van der Waals surface area contributed by atoms with Gasteiger partial charge in [0.05, 0.1) is 12.6 Å². The lowest BCUT2D eigenvalue weighted by Gasteiger charge is -2.18. The van der Waals surface area contributed by atoms with Crippen LogP contribution in [0, 0.1) is 5.82 Å². The fraction of sp³-hybridized carbons (Fsp3) is 0.200. The first-order valence-electron chi connectivity index (χ1n) is 8.19. The molecule has 134 valence electrons. The fourth-order valence-electron chi connectivity index (χ4n) is 2.84. The molecule has 5 nitrogen and oxygen atoms in total. The summed E-state index contributed by atoms with van der Waals surface area (Å²) in [5.41, 5.74) is 0.852. The third kappa shape index (κ3) is 3.59. The standard InChI is InChI=1S/C20H19FN2O3/c1-23(10-9-13-5-3-4-6-18(13)26-2)20(25)16-11-14-7-8-15(21)12-17(14)22-19(16)24/h3-8,11-12H,9-10H2,1-2H3,(H,22,24). The summed E-state index contributed by atoms with van der Waals surface area (Å²) in [5, 5.41) is 0.604. The summed E-state index contributed by atoms with van der Waals surface area (Å²) in [7, 11) is 3.25. The number of halogens is 1. The van der Waals surface area contributed by atoms with E-state index in [2.05, 4.69) is 4.98 Å². The van der Waals surface area contributed by atoms with E-state index in [0.29, 0.717) is 23.9 Å². The molecule has 0 unspecified atom stereocenters. The molecule has 3 aromatic rings. The normalized spacial score (nSPS) is 10.7. The second-order valence-corrected chi connectivity index (χ2v) is 6.03. The SMILES string of the molecule is COc1ccccc1CCN(C)C(=O)c1cc2ccc(F)cc2[nH]c1=O. The highest BCUT2D eigenvalue weighted by Crippen LogP contribution is 2.18. The number of likely N-dealkylation sites (N-methyl/N-ethyl adjacent to an activating group) is 1. The molecule has 0 atom stereocenters. The Morgan fingerprint density at radius 1 is 1.19 bits per heavy atom. The summed E-state index contributed by atoms with van der Waals surface area (Å²) in [6.07, 6.45) is 0.600. The van der Waals surface area contributed by atoms with Crippen LogP contribution in [0.5, 0.6) is 5.75 Å². The first-order chi connectivity index (χ1) is 12.5. The third-order valence-electron chi connectivity index (χ3n) is 4.29. The summed E-state index contributed by atoms with van der Waals surface area (Å²) in [6, 6.07) is 13.2. The number of pyridine rings is 1. The number of ether oxygens (including phenoxy) is 1. The lowest BCUT2D eigenvalue weighted by Crippen LogP contribution is -2.33. The van der Waals surface area contributed by atoms with Crippen molar-refractivity contribution in [2.75, 3.05) is 20.7 Å². The molecule has 6 heteroatoms. The van der Waals surface area contributed by atoms with Crippen molar-refractivity contribution >= 4 is 16.8 Å². The quantitative estimate of drug-likeness (QED) is 0.766. The highest BCUT2D eigenvalue weighted by molar-refractivity contribution is 5.97. The van der Waals surface area contributed by atoms with Gasteiger partial charge >= 0.3 is 0 Å². The summed E-state index contributed by atoms with van der Waals surface area (Å²) < 4.78 is 18.6. The molecule has 0 aliphatic heterocycles. The highest BCUT2D eigenvalue weighted by atomic mass is 19.1.